The maximum atomic E-state index is 12.2. The largest absolute Gasteiger partial charge is 0.484 e. The Bertz CT molecular complexity index is 1190. The molecule has 3 N–H and O–H groups in total. The van der Waals surface area contributed by atoms with Crippen LogP contribution in [0.5, 0.6) is 5.75 Å². The SMILES string of the molecule is CCc1ccccc1NC(=O)COc1ccc(/C=N\NC(=O)C(=O)Nc2ccccc2C)cc1. The van der Waals surface area contributed by atoms with Gasteiger partial charge in [0.1, 0.15) is 5.75 Å². The number of hydrogen-bond donors (Lipinski definition) is 3. The number of nitrogens with zero attached hydrogens (tertiary/aromatic N) is 1. The highest BCUT2D eigenvalue weighted by Crippen LogP contribution is 2.16. The van der Waals surface area contributed by atoms with Gasteiger partial charge in [-0.05, 0) is 66.4 Å². The molecule has 0 aliphatic heterocycles. The number of para-hydroxylation sites is 2. The molecule has 0 fully saturated rings. The molecule has 0 aliphatic rings. The first-order valence-electron chi connectivity index (χ1n) is 10.8. The van der Waals surface area contributed by atoms with Crippen molar-refractivity contribution < 1.29 is 19.1 Å². The summed E-state index contributed by atoms with van der Waals surface area (Å²) in [4.78, 5) is 36.1. The van der Waals surface area contributed by atoms with Gasteiger partial charge in [0.2, 0.25) is 0 Å². The van der Waals surface area contributed by atoms with E-state index in [1.165, 1.54) is 6.21 Å². The molecule has 0 aliphatic carbocycles. The van der Waals surface area contributed by atoms with Crippen molar-refractivity contribution >= 4 is 35.3 Å². The van der Waals surface area contributed by atoms with Crippen LogP contribution >= 0.6 is 0 Å². The van der Waals surface area contributed by atoms with Crippen molar-refractivity contribution in [2.24, 2.45) is 5.10 Å². The molecule has 0 saturated heterocycles. The van der Waals surface area contributed by atoms with Crippen LogP contribution in [0.25, 0.3) is 0 Å². The van der Waals surface area contributed by atoms with Gasteiger partial charge in [-0.1, -0.05) is 43.3 Å². The maximum absolute atomic E-state index is 12.2. The number of anilines is 2. The second-order valence-electron chi connectivity index (χ2n) is 7.38. The standard InChI is InChI=1S/C26H26N4O4/c1-3-20-9-5-7-11-23(20)28-24(31)17-34-21-14-12-19(13-15-21)16-27-30-26(33)25(32)29-22-10-6-4-8-18(22)2/h4-16H,3,17H2,1-2H3,(H,28,31)(H,29,32)(H,30,33)/b27-16-. The summed E-state index contributed by atoms with van der Waals surface area (Å²) in [5.74, 6) is -1.43. The number of benzene rings is 3. The van der Waals surface area contributed by atoms with Crippen LogP contribution in [0.3, 0.4) is 0 Å². The van der Waals surface area contributed by atoms with Crippen molar-refractivity contribution in [1.82, 2.24) is 5.43 Å². The molecular weight excluding hydrogens is 432 g/mol. The lowest BCUT2D eigenvalue weighted by molar-refractivity contribution is -0.136. The van der Waals surface area contributed by atoms with E-state index in [1.807, 2.05) is 50.2 Å². The predicted octanol–water partition coefficient (Wildman–Crippen LogP) is 3.66. The molecule has 174 valence electrons. The first kappa shape index (κ1) is 24.2. The molecule has 0 aromatic heterocycles. The third-order valence-corrected chi connectivity index (χ3v) is 4.90. The van der Waals surface area contributed by atoms with E-state index in [-0.39, 0.29) is 12.5 Å². The zero-order valence-corrected chi connectivity index (χ0v) is 19.0. The van der Waals surface area contributed by atoms with E-state index in [2.05, 4.69) is 21.2 Å². The minimum absolute atomic E-state index is 0.127. The van der Waals surface area contributed by atoms with E-state index in [0.717, 1.165) is 23.2 Å². The van der Waals surface area contributed by atoms with Crippen molar-refractivity contribution in [2.75, 3.05) is 17.2 Å². The summed E-state index contributed by atoms with van der Waals surface area (Å²) in [6.07, 6.45) is 2.22. The average Bonchev–Trinajstić information content (AvgIpc) is 2.85. The van der Waals surface area contributed by atoms with Gasteiger partial charge < -0.3 is 15.4 Å². The second kappa shape index (κ2) is 12.0. The number of rotatable bonds is 8. The number of hydrazone groups is 1. The molecule has 8 nitrogen and oxygen atoms in total. The monoisotopic (exact) mass is 458 g/mol. The smallest absolute Gasteiger partial charge is 0.329 e. The minimum Gasteiger partial charge on any atom is -0.484 e. The summed E-state index contributed by atoms with van der Waals surface area (Å²) >= 11 is 0. The van der Waals surface area contributed by atoms with Crippen LogP contribution in [0, 0.1) is 6.92 Å². The average molecular weight is 459 g/mol. The van der Waals surface area contributed by atoms with Crippen LogP contribution in [0.4, 0.5) is 11.4 Å². The van der Waals surface area contributed by atoms with Crippen LogP contribution in [0.2, 0.25) is 0 Å². The van der Waals surface area contributed by atoms with Crippen molar-refractivity contribution in [3.05, 3.63) is 89.5 Å². The molecule has 0 unspecified atom stereocenters. The second-order valence-corrected chi connectivity index (χ2v) is 7.38. The first-order chi connectivity index (χ1) is 16.5. The van der Waals surface area contributed by atoms with Gasteiger partial charge in [0.25, 0.3) is 5.91 Å². The van der Waals surface area contributed by atoms with Crippen molar-refractivity contribution in [1.29, 1.82) is 0 Å². The molecule has 3 rings (SSSR count). The maximum Gasteiger partial charge on any atom is 0.329 e. The Morgan fingerprint density at radius 1 is 0.853 bits per heavy atom. The lowest BCUT2D eigenvalue weighted by Crippen LogP contribution is -2.32. The number of ether oxygens (including phenoxy) is 1. The van der Waals surface area contributed by atoms with Gasteiger partial charge in [-0.25, -0.2) is 5.43 Å². The van der Waals surface area contributed by atoms with Gasteiger partial charge in [0.15, 0.2) is 6.61 Å². The fourth-order valence-corrected chi connectivity index (χ4v) is 3.04. The molecule has 0 heterocycles. The first-order valence-corrected chi connectivity index (χ1v) is 10.8. The summed E-state index contributed by atoms with van der Waals surface area (Å²) in [5.41, 5.74) is 6.10. The van der Waals surface area contributed by atoms with E-state index < -0.39 is 11.8 Å². The molecule has 0 atom stereocenters. The van der Waals surface area contributed by atoms with Crippen LogP contribution in [0.15, 0.2) is 77.9 Å². The summed E-state index contributed by atoms with van der Waals surface area (Å²) in [5, 5.41) is 9.19. The third kappa shape index (κ3) is 7.03. The highest BCUT2D eigenvalue weighted by Gasteiger charge is 2.13. The number of hydrogen-bond acceptors (Lipinski definition) is 5. The quantitative estimate of drug-likeness (QED) is 0.272. The molecule has 8 heteroatoms. The molecule has 34 heavy (non-hydrogen) atoms. The third-order valence-electron chi connectivity index (χ3n) is 4.90. The fraction of sp³-hybridized carbons (Fsp3) is 0.154. The number of carbonyl (C=O) groups is 3. The van der Waals surface area contributed by atoms with E-state index in [4.69, 9.17) is 4.74 Å². The van der Waals surface area contributed by atoms with Crippen molar-refractivity contribution in [2.45, 2.75) is 20.3 Å². The Balaban J connectivity index is 1.45. The molecule has 0 saturated carbocycles. The van der Waals surface area contributed by atoms with Gasteiger partial charge >= 0.3 is 11.8 Å². The minimum atomic E-state index is -0.880. The Morgan fingerprint density at radius 2 is 1.53 bits per heavy atom. The molecule has 0 bridgehead atoms. The zero-order valence-electron chi connectivity index (χ0n) is 19.0. The van der Waals surface area contributed by atoms with Crippen molar-refractivity contribution in [3.63, 3.8) is 0 Å². The summed E-state index contributed by atoms with van der Waals surface area (Å²) in [6.45, 7) is 3.73. The highest BCUT2D eigenvalue weighted by molar-refractivity contribution is 6.39. The number of aryl methyl sites for hydroxylation is 2. The Morgan fingerprint density at radius 3 is 2.24 bits per heavy atom. The Kier molecular flexibility index (Phi) is 8.51. The lowest BCUT2D eigenvalue weighted by Gasteiger charge is -2.10. The lowest BCUT2D eigenvalue weighted by atomic mass is 10.1. The summed E-state index contributed by atoms with van der Waals surface area (Å²) in [7, 11) is 0. The zero-order chi connectivity index (χ0) is 24.3. The van der Waals surface area contributed by atoms with Gasteiger partial charge in [-0.15, -0.1) is 0 Å². The molecule has 3 amide bonds. The number of carbonyl (C=O) groups excluding carboxylic acids is 3. The Labute approximate surface area is 198 Å². The van der Waals surface area contributed by atoms with Gasteiger partial charge in [0.05, 0.1) is 6.21 Å². The Hall–Kier alpha value is -4.46. The molecular formula is C26H26N4O4. The molecule has 0 spiro atoms. The van der Waals surface area contributed by atoms with Crippen LogP contribution in [0.1, 0.15) is 23.6 Å². The number of amides is 3. The summed E-state index contributed by atoms with van der Waals surface area (Å²) in [6, 6.07) is 21.6. The molecule has 3 aromatic carbocycles. The van der Waals surface area contributed by atoms with E-state index in [0.29, 0.717) is 17.0 Å². The topological polar surface area (TPSA) is 109 Å². The highest BCUT2D eigenvalue weighted by atomic mass is 16.5. The van der Waals surface area contributed by atoms with E-state index in [1.54, 1.807) is 36.4 Å². The summed E-state index contributed by atoms with van der Waals surface area (Å²) < 4.78 is 5.53. The number of nitrogens with one attached hydrogen (secondary N) is 3. The van der Waals surface area contributed by atoms with Crippen LogP contribution < -0.4 is 20.8 Å². The van der Waals surface area contributed by atoms with Gasteiger partial charge in [-0.3, -0.25) is 14.4 Å². The van der Waals surface area contributed by atoms with Gasteiger partial charge in [0, 0.05) is 11.4 Å². The van der Waals surface area contributed by atoms with E-state index >= 15 is 0 Å². The van der Waals surface area contributed by atoms with Gasteiger partial charge in [-0.2, -0.15) is 5.10 Å². The normalized spacial score (nSPS) is 10.5. The fourth-order valence-electron chi connectivity index (χ4n) is 3.04. The molecule has 0 radical (unpaired) electrons. The predicted molar refractivity (Wildman–Crippen MR) is 132 cm³/mol. The van der Waals surface area contributed by atoms with Crippen LogP contribution in [-0.2, 0) is 20.8 Å². The van der Waals surface area contributed by atoms with Crippen LogP contribution in [-0.4, -0.2) is 30.5 Å². The van der Waals surface area contributed by atoms with Crippen molar-refractivity contribution in [3.8, 4) is 5.75 Å². The van der Waals surface area contributed by atoms with E-state index in [9.17, 15) is 14.4 Å². The molecule has 3 aromatic rings.